The van der Waals surface area contributed by atoms with Gasteiger partial charge >= 0.3 is 12.1 Å². The highest BCUT2D eigenvalue weighted by Gasteiger charge is 1.97. The van der Waals surface area contributed by atoms with Gasteiger partial charge in [0.2, 0.25) is 0 Å². The monoisotopic (exact) mass is 221 g/mol. The van der Waals surface area contributed by atoms with Crippen molar-refractivity contribution in [1.29, 1.82) is 0 Å². The molecule has 0 heterocycles. The molecule has 0 aliphatic rings. The lowest BCUT2D eigenvalue weighted by atomic mass is 10.8. The number of esters is 1. The van der Waals surface area contributed by atoms with Crippen LogP contribution in [-0.2, 0) is 14.3 Å². The van der Waals surface area contributed by atoms with E-state index in [0.29, 0.717) is 19.0 Å². The van der Waals surface area contributed by atoms with Crippen LogP contribution in [0.15, 0.2) is 0 Å². The zero-order valence-corrected chi connectivity index (χ0v) is 9.19. The highest BCUT2D eigenvalue weighted by atomic mass is 32.2. The van der Waals surface area contributed by atoms with E-state index < -0.39 is 6.09 Å². The summed E-state index contributed by atoms with van der Waals surface area (Å²) in [5.74, 6) is 1.15. The minimum Gasteiger partial charge on any atom is -0.465 e. The average molecular weight is 221 g/mol. The molecule has 0 spiro atoms. The van der Waals surface area contributed by atoms with Crippen LogP contribution in [0.4, 0.5) is 4.79 Å². The Morgan fingerprint density at radius 3 is 2.29 bits per heavy atom. The molecule has 0 bridgehead atoms. The van der Waals surface area contributed by atoms with Crippen molar-refractivity contribution >= 4 is 23.8 Å². The summed E-state index contributed by atoms with van der Waals surface area (Å²) in [6, 6.07) is 0. The Morgan fingerprint density at radius 2 is 1.79 bits per heavy atom. The highest BCUT2D eigenvalue weighted by Crippen LogP contribution is 1.99. The molecule has 6 heteroatoms. The van der Waals surface area contributed by atoms with Gasteiger partial charge in [0.15, 0.2) is 0 Å². The van der Waals surface area contributed by atoms with Gasteiger partial charge in [-0.1, -0.05) is 0 Å². The number of thioether (sulfide) groups is 1. The molecule has 1 N–H and O–H groups in total. The topological polar surface area (TPSA) is 64.6 Å². The molecule has 0 aromatic carbocycles. The largest absolute Gasteiger partial charge is 0.465 e. The summed E-state index contributed by atoms with van der Waals surface area (Å²) in [6.07, 6.45) is -0.425. The summed E-state index contributed by atoms with van der Waals surface area (Å²) in [6.45, 7) is 2.14. The van der Waals surface area contributed by atoms with Crippen LogP contribution in [0.25, 0.3) is 0 Å². The van der Waals surface area contributed by atoms with Gasteiger partial charge in [0, 0.05) is 25.5 Å². The molecule has 0 aliphatic carbocycles. The molecular formula is C8H15NO4S. The Balaban J connectivity index is 3.06. The first-order chi connectivity index (χ1) is 6.66. The Kier molecular flexibility index (Phi) is 8.11. The molecular weight excluding hydrogens is 206 g/mol. The van der Waals surface area contributed by atoms with Gasteiger partial charge in [-0.15, -0.1) is 0 Å². The minimum absolute atomic E-state index is 0.271. The first-order valence-corrected chi connectivity index (χ1v) is 5.38. The molecule has 0 fully saturated rings. The molecule has 0 saturated carbocycles. The normalized spacial score (nSPS) is 9.29. The second-order valence-corrected chi connectivity index (χ2v) is 3.56. The average Bonchev–Trinajstić information content (AvgIpc) is 2.15. The van der Waals surface area contributed by atoms with Gasteiger partial charge in [0.1, 0.15) is 13.2 Å². The molecule has 0 unspecified atom stereocenters. The van der Waals surface area contributed by atoms with Gasteiger partial charge in [-0.3, -0.25) is 4.79 Å². The molecule has 82 valence electrons. The fourth-order valence-corrected chi connectivity index (χ4v) is 1.22. The van der Waals surface area contributed by atoms with Crippen LogP contribution in [0.2, 0.25) is 0 Å². The van der Waals surface area contributed by atoms with Crippen molar-refractivity contribution in [3.63, 3.8) is 0 Å². The van der Waals surface area contributed by atoms with E-state index in [-0.39, 0.29) is 5.97 Å². The SMILES string of the molecule is CNC(=O)OCCSCCOC(C)=O. The van der Waals surface area contributed by atoms with E-state index in [4.69, 9.17) is 9.47 Å². The van der Waals surface area contributed by atoms with Crippen LogP contribution in [-0.4, -0.2) is 43.8 Å². The van der Waals surface area contributed by atoms with Gasteiger partial charge < -0.3 is 14.8 Å². The molecule has 14 heavy (non-hydrogen) atoms. The zero-order chi connectivity index (χ0) is 10.8. The van der Waals surface area contributed by atoms with E-state index >= 15 is 0 Å². The summed E-state index contributed by atoms with van der Waals surface area (Å²) in [5, 5.41) is 2.34. The van der Waals surface area contributed by atoms with E-state index in [1.54, 1.807) is 11.8 Å². The summed E-state index contributed by atoms with van der Waals surface area (Å²) in [7, 11) is 1.51. The summed E-state index contributed by atoms with van der Waals surface area (Å²) in [5.41, 5.74) is 0. The number of alkyl carbamates (subject to hydrolysis) is 1. The summed E-state index contributed by atoms with van der Waals surface area (Å²) in [4.78, 5) is 20.9. The van der Waals surface area contributed by atoms with E-state index in [9.17, 15) is 9.59 Å². The number of carbonyl (C=O) groups is 2. The highest BCUT2D eigenvalue weighted by molar-refractivity contribution is 7.99. The maximum atomic E-state index is 10.6. The third-order valence-corrected chi connectivity index (χ3v) is 2.11. The van der Waals surface area contributed by atoms with E-state index in [2.05, 4.69) is 5.32 Å². The van der Waals surface area contributed by atoms with Gasteiger partial charge in [-0.25, -0.2) is 4.79 Å². The zero-order valence-electron chi connectivity index (χ0n) is 8.37. The Labute approximate surface area is 87.5 Å². The number of rotatable bonds is 6. The lowest BCUT2D eigenvalue weighted by molar-refractivity contribution is -0.140. The van der Waals surface area contributed by atoms with Gasteiger partial charge in [-0.2, -0.15) is 11.8 Å². The van der Waals surface area contributed by atoms with Crippen molar-refractivity contribution in [2.45, 2.75) is 6.92 Å². The first-order valence-electron chi connectivity index (χ1n) is 4.22. The van der Waals surface area contributed by atoms with Crippen molar-refractivity contribution in [2.75, 3.05) is 31.8 Å². The maximum absolute atomic E-state index is 10.6. The minimum atomic E-state index is -0.425. The van der Waals surface area contributed by atoms with Crippen LogP contribution >= 0.6 is 11.8 Å². The smallest absolute Gasteiger partial charge is 0.406 e. The predicted octanol–water partition coefficient (Wildman–Crippen LogP) is 0.639. The standard InChI is InChI=1S/C8H15NO4S/c1-7(10)12-3-5-14-6-4-13-8(11)9-2/h3-6H2,1-2H3,(H,9,11). The summed E-state index contributed by atoms with van der Waals surface area (Å²) >= 11 is 1.57. The molecule has 1 amide bonds. The van der Waals surface area contributed by atoms with Crippen molar-refractivity contribution < 1.29 is 19.1 Å². The second-order valence-electron chi connectivity index (χ2n) is 2.34. The van der Waals surface area contributed by atoms with Crippen LogP contribution in [0.3, 0.4) is 0 Å². The van der Waals surface area contributed by atoms with Crippen molar-refractivity contribution in [3.8, 4) is 0 Å². The predicted molar refractivity (Wildman–Crippen MR) is 54.4 cm³/mol. The lowest BCUT2D eigenvalue weighted by Crippen LogP contribution is -2.20. The molecule has 0 aromatic rings. The third kappa shape index (κ3) is 9.18. The lowest BCUT2D eigenvalue weighted by Gasteiger charge is -2.03. The quantitative estimate of drug-likeness (QED) is 0.526. The molecule has 0 rings (SSSR count). The Hall–Kier alpha value is -0.910. The number of ether oxygens (including phenoxy) is 2. The first kappa shape index (κ1) is 13.1. The van der Waals surface area contributed by atoms with Crippen LogP contribution < -0.4 is 5.32 Å². The number of hydrogen-bond acceptors (Lipinski definition) is 5. The Morgan fingerprint density at radius 1 is 1.21 bits per heavy atom. The molecule has 0 atom stereocenters. The molecule has 5 nitrogen and oxygen atoms in total. The number of carbonyl (C=O) groups excluding carboxylic acids is 2. The summed E-state index contributed by atoms with van der Waals surface area (Å²) < 4.78 is 9.45. The van der Waals surface area contributed by atoms with E-state index in [1.165, 1.54) is 14.0 Å². The van der Waals surface area contributed by atoms with E-state index in [0.717, 1.165) is 5.75 Å². The third-order valence-electron chi connectivity index (χ3n) is 1.20. The molecule has 0 aliphatic heterocycles. The maximum Gasteiger partial charge on any atom is 0.406 e. The van der Waals surface area contributed by atoms with Crippen LogP contribution in [0, 0.1) is 0 Å². The van der Waals surface area contributed by atoms with Crippen LogP contribution in [0.1, 0.15) is 6.92 Å². The second kappa shape index (κ2) is 8.68. The molecule has 0 radical (unpaired) electrons. The fourth-order valence-electron chi connectivity index (χ4n) is 0.612. The van der Waals surface area contributed by atoms with Gasteiger partial charge in [0.05, 0.1) is 0 Å². The van der Waals surface area contributed by atoms with Gasteiger partial charge in [-0.05, 0) is 0 Å². The number of hydrogen-bond donors (Lipinski definition) is 1. The molecule has 0 aromatic heterocycles. The number of amides is 1. The van der Waals surface area contributed by atoms with E-state index in [1.807, 2.05) is 0 Å². The van der Waals surface area contributed by atoms with Gasteiger partial charge in [0.25, 0.3) is 0 Å². The Bertz CT molecular complexity index is 186. The van der Waals surface area contributed by atoms with Crippen LogP contribution in [0.5, 0.6) is 0 Å². The van der Waals surface area contributed by atoms with Crippen molar-refractivity contribution in [2.24, 2.45) is 0 Å². The molecule has 0 saturated heterocycles. The number of nitrogens with one attached hydrogen (secondary N) is 1. The van der Waals surface area contributed by atoms with Crippen molar-refractivity contribution in [3.05, 3.63) is 0 Å². The fraction of sp³-hybridized carbons (Fsp3) is 0.750. The van der Waals surface area contributed by atoms with Crippen molar-refractivity contribution in [1.82, 2.24) is 5.32 Å².